The highest BCUT2D eigenvalue weighted by Gasteiger charge is 2.10. The zero-order chi connectivity index (χ0) is 11.2. The predicted molar refractivity (Wildman–Crippen MR) is 50.7 cm³/mol. The fourth-order valence-corrected chi connectivity index (χ4v) is 0.715. The van der Waals surface area contributed by atoms with Crippen LogP contribution in [0.15, 0.2) is 0 Å². The van der Waals surface area contributed by atoms with Gasteiger partial charge in [-0.05, 0) is 0 Å². The van der Waals surface area contributed by atoms with Crippen molar-refractivity contribution in [3.63, 3.8) is 0 Å². The summed E-state index contributed by atoms with van der Waals surface area (Å²) in [6, 6.07) is 0. The third-order valence-corrected chi connectivity index (χ3v) is 1.57. The molecule has 0 aliphatic heterocycles. The van der Waals surface area contributed by atoms with Gasteiger partial charge < -0.3 is 14.3 Å². The van der Waals surface area contributed by atoms with Crippen LogP contribution >= 0.6 is 0 Å². The molecule has 0 saturated heterocycles. The first-order valence-corrected chi connectivity index (χ1v) is 4.49. The summed E-state index contributed by atoms with van der Waals surface area (Å²) >= 11 is 0. The van der Waals surface area contributed by atoms with Gasteiger partial charge in [0.1, 0.15) is 13.2 Å². The molecule has 0 saturated carbocycles. The third-order valence-electron chi connectivity index (χ3n) is 1.57. The molecule has 0 heterocycles. The minimum absolute atomic E-state index is 0.0491. The predicted octanol–water partition coefficient (Wildman–Crippen LogP) is 0.101. The van der Waals surface area contributed by atoms with Crippen molar-refractivity contribution < 1.29 is 23.9 Å². The molecular weight excluding hydrogens is 186 g/mol. The number of carboxylic acid groups (broad SMARTS) is 1. The average Bonchev–Trinajstić information content (AvgIpc) is 1.98. The van der Waals surface area contributed by atoms with Crippen LogP contribution in [0, 0.1) is 0 Å². The number of carboxylic acids is 1. The molecule has 0 unspecified atom stereocenters. The Hall–Kier alpha value is -1.10. The van der Waals surface area contributed by atoms with Crippen molar-refractivity contribution in [2.45, 2.75) is 12.8 Å². The van der Waals surface area contributed by atoms with Crippen molar-refractivity contribution in [2.75, 3.05) is 34.3 Å². The molecule has 0 aromatic rings. The third kappa shape index (κ3) is 8.99. The van der Waals surface area contributed by atoms with Gasteiger partial charge in [-0.1, -0.05) is 0 Å². The Bertz CT molecular complexity index is 207. The summed E-state index contributed by atoms with van der Waals surface area (Å²) in [5, 5.41) is 8.31. The maximum Gasteiger partial charge on any atom is 0.306 e. The van der Waals surface area contributed by atoms with Gasteiger partial charge in [0.2, 0.25) is 0 Å². The number of likely N-dealkylation sites (N-methyl/N-ethyl adjacent to an activating group) is 1. The van der Waals surface area contributed by atoms with E-state index in [1.165, 1.54) is 0 Å². The van der Waals surface area contributed by atoms with E-state index < -0.39 is 11.9 Å². The summed E-state index contributed by atoms with van der Waals surface area (Å²) in [5.74, 6) is -1.42. The van der Waals surface area contributed by atoms with Crippen LogP contribution in [-0.4, -0.2) is 55.8 Å². The lowest BCUT2D eigenvalue weighted by Gasteiger charge is -2.23. The molecule has 0 aromatic carbocycles. The van der Waals surface area contributed by atoms with E-state index in [2.05, 4.69) is 0 Å². The standard InChI is InChI=1S/C9H17NO4/c1-10(2,3)6-7-14-9(13)5-4-8(11)12/h4-7H2,1-3H3/p+1. The smallest absolute Gasteiger partial charge is 0.306 e. The molecule has 5 nitrogen and oxygen atoms in total. The molecule has 82 valence electrons. The second kappa shape index (κ2) is 5.59. The second-order valence-electron chi connectivity index (χ2n) is 4.13. The fourth-order valence-electron chi connectivity index (χ4n) is 0.715. The summed E-state index contributed by atoms with van der Waals surface area (Å²) in [6.07, 6.45) is -0.213. The van der Waals surface area contributed by atoms with Crippen molar-refractivity contribution >= 4 is 11.9 Å². The Kier molecular flexibility index (Phi) is 5.15. The van der Waals surface area contributed by atoms with Gasteiger partial charge >= 0.3 is 11.9 Å². The number of rotatable bonds is 6. The molecule has 0 fully saturated rings. The second-order valence-corrected chi connectivity index (χ2v) is 4.13. The van der Waals surface area contributed by atoms with Crippen LogP contribution in [0.1, 0.15) is 12.8 Å². The molecule has 5 heteroatoms. The zero-order valence-corrected chi connectivity index (χ0v) is 8.95. The highest BCUT2D eigenvalue weighted by atomic mass is 16.5. The van der Waals surface area contributed by atoms with E-state index in [1.807, 2.05) is 21.1 Å². The zero-order valence-electron chi connectivity index (χ0n) is 8.95. The summed E-state index contributed by atoms with van der Waals surface area (Å²) < 4.78 is 5.57. The largest absolute Gasteiger partial charge is 0.481 e. The van der Waals surface area contributed by atoms with Gasteiger partial charge in [0.05, 0.1) is 34.0 Å². The van der Waals surface area contributed by atoms with Gasteiger partial charge in [-0.25, -0.2) is 0 Å². The molecule has 0 atom stereocenters. The Balaban J connectivity index is 3.50. The summed E-state index contributed by atoms with van der Waals surface area (Å²) in [6.45, 7) is 1.06. The van der Waals surface area contributed by atoms with Crippen molar-refractivity contribution in [1.82, 2.24) is 0 Å². The fraction of sp³-hybridized carbons (Fsp3) is 0.778. The van der Waals surface area contributed by atoms with Crippen LogP contribution in [-0.2, 0) is 14.3 Å². The topological polar surface area (TPSA) is 63.6 Å². The number of nitrogens with zero attached hydrogens (tertiary/aromatic N) is 1. The Labute approximate surface area is 83.9 Å². The first-order valence-electron chi connectivity index (χ1n) is 4.49. The van der Waals surface area contributed by atoms with Gasteiger partial charge in [-0.2, -0.15) is 0 Å². The lowest BCUT2D eigenvalue weighted by atomic mass is 10.3. The van der Waals surface area contributed by atoms with Crippen molar-refractivity contribution in [3.8, 4) is 0 Å². The highest BCUT2D eigenvalue weighted by molar-refractivity contribution is 5.76. The number of ether oxygens (including phenoxy) is 1. The number of aliphatic carboxylic acids is 1. The van der Waals surface area contributed by atoms with Crippen LogP contribution in [0.5, 0.6) is 0 Å². The highest BCUT2D eigenvalue weighted by Crippen LogP contribution is 1.95. The molecule has 1 N–H and O–H groups in total. The first kappa shape index (κ1) is 12.9. The van der Waals surface area contributed by atoms with Crippen molar-refractivity contribution in [3.05, 3.63) is 0 Å². The Morgan fingerprint density at radius 3 is 2.21 bits per heavy atom. The van der Waals surface area contributed by atoms with Crippen LogP contribution in [0.4, 0.5) is 0 Å². The van der Waals surface area contributed by atoms with E-state index in [4.69, 9.17) is 9.84 Å². The number of hydrogen-bond acceptors (Lipinski definition) is 3. The van der Waals surface area contributed by atoms with E-state index >= 15 is 0 Å². The van der Waals surface area contributed by atoms with Gasteiger partial charge in [-0.3, -0.25) is 9.59 Å². The van der Waals surface area contributed by atoms with E-state index in [1.54, 1.807) is 0 Å². The monoisotopic (exact) mass is 204 g/mol. The minimum atomic E-state index is -0.978. The number of carbonyl (C=O) groups is 2. The van der Waals surface area contributed by atoms with Gasteiger partial charge in [0, 0.05) is 0 Å². The summed E-state index contributed by atoms with van der Waals surface area (Å²) in [7, 11) is 5.97. The molecule has 0 aliphatic rings. The molecule has 0 amide bonds. The average molecular weight is 204 g/mol. The normalized spacial score (nSPS) is 11.1. The van der Waals surface area contributed by atoms with E-state index in [0.717, 1.165) is 6.54 Å². The SMILES string of the molecule is C[N+](C)(C)CCOC(=O)CCC(=O)O. The Morgan fingerprint density at radius 1 is 1.21 bits per heavy atom. The van der Waals surface area contributed by atoms with Crippen molar-refractivity contribution in [1.29, 1.82) is 0 Å². The van der Waals surface area contributed by atoms with Crippen LogP contribution in [0.2, 0.25) is 0 Å². The van der Waals surface area contributed by atoms with Gasteiger partial charge in [0.25, 0.3) is 0 Å². The molecule has 0 bridgehead atoms. The van der Waals surface area contributed by atoms with E-state index in [9.17, 15) is 9.59 Å². The molecule has 0 radical (unpaired) electrons. The number of quaternary nitrogens is 1. The lowest BCUT2D eigenvalue weighted by molar-refractivity contribution is -0.870. The quantitative estimate of drug-likeness (QED) is 0.492. The summed E-state index contributed by atoms with van der Waals surface area (Å²) in [5.41, 5.74) is 0. The number of esters is 1. The van der Waals surface area contributed by atoms with Gasteiger partial charge in [-0.15, -0.1) is 0 Å². The molecule has 0 aliphatic carbocycles. The minimum Gasteiger partial charge on any atom is -0.481 e. The molecule has 14 heavy (non-hydrogen) atoms. The van der Waals surface area contributed by atoms with E-state index in [-0.39, 0.29) is 12.8 Å². The van der Waals surface area contributed by atoms with Crippen LogP contribution < -0.4 is 0 Å². The maximum absolute atomic E-state index is 10.9. The van der Waals surface area contributed by atoms with Crippen LogP contribution in [0.3, 0.4) is 0 Å². The lowest BCUT2D eigenvalue weighted by Crippen LogP contribution is -2.38. The molecule has 0 spiro atoms. The van der Waals surface area contributed by atoms with E-state index in [0.29, 0.717) is 11.1 Å². The number of carbonyl (C=O) groups excluding carboxylic acids is 1. The van der Waals surface area contributed by atoms with Gasteiger partial charge in [0.15, 0.2) is 0 Å². The molecular formula is C9H18NO4+. The number of hydrogen-bond donors (Lipinski definition) is 1. The van der Waals surface area contributed by atoms with Crippen molar-refractivity contribution in [2.24, 2.45) is 0 Å². The molecule has 0 aromatic heterocycles. The Morgan fingerprint density at radius 2 is 1.79 bits per heavy atom. The first-order chi connectivity index (χ1) is 6.31. The van der Waals surface area contributed by atoms with Crippen LogP contribution in [0.25, 0.3) is 0 Å². The summed E-state index contributed by atoms with van der Waals surface area (Å²) in [4.78, 5) is 21.1. The molecule has 0 rings (SSSR count). The maximum atomic E-state index is 10.9.